The second-order valence-electron chi connectivity index (χ2n) is 10.1. The third kappa shape index (κ3) is 7.38. The molecule has 0 radical (unpaired) electrons. The summed E-state index contributed by atoms with van der Waals surface area (Å²) in [5, 5.41) is 7.01. The number of imide groups is 1. The molecular formula is C29H34Cl2N4O4. The number of amides is 4. The maximum absolute atomic E-state index is 13.7. The molecule has 0 saturated carbocycles. The summed E-state index contributed by atoms with van der Waals surface area (Å²) >= 11 is 12.0. The first-order valence-corrected chi connectivity index (χ1v) is 14.2. The fraction of sp³-hybridized carbons (Fsp3) is 0.448. The van der Waals surface area contributed by atoms with Crippen LogP contribution < -0.4 is 10.6 Å². The maximum Gasteiger partial charge on any atom is 0.251 e. The van der Waals surface area contributed by atoms with Gasteiger partial charge in [-0.1, -0.05) is 60.5 Å². The second kappa shape index (κ2) is 13.4. The van der Waals surface area contributed by atoms with Crippen LogP contribution in [0.5, 0.6) is 0 Å². The van der Waals surface area contributed by atoms with Gasteiger partial charge >= 0.3 is 0 Å². The molecule has 2 saturated heterocycles. The molecule has 0 aliphatic carbocycles. The zero-order chi connectivity index (χ0) is 27.9. The number of carbonyl (C=O) groups excluding carboxylic acids is 4. The smallest absolute Gasteiger partial charge is 0.251 e. The fourth-order valence-corrected chi connectivity index (χ4v) is 5.48. The molecule has 2 aromatic rings. The molecule has 208 valence electrons. The minimum atomic E-state index is -0.589. The predicted octanol–water partition coefficient (Wildman–Crippen LogP) is 4.02. The van der Waals surface area contributed by atoms with Crippen molar-refractivity contribution >= 4 is 46.8 Å². The predicted molar refractivity (Wildman–Crippen MR) is 151 cm³/mol. The van der Waals surface area contributed by atoms with E-state index in [2.05, 4.69) is 29.7 Å². The molecule has 2 heterocycles. The first kappa shape index (κ1) is 29.1. The Hall–Kier alpha value is -2.94. The van der Waals surface area contributed by atoms with Crippen molar-refractivity contribution in [3.8, 4) is 0 Å². The van der Waals surface area contributed by atoms with Crippen LogP contribution in [0.2, 0.25) is 10.0 Å². The van der Waals surface area contributed by atoms with Gasteiger partial charge in [-0.25, -0.2) is 0 Å². The van der Waals surface area contributed by atoms with Gasteiger partial charge in [-0.3, -0.25) is 24.1 Å². The van der Waals surface area contributed by atoms with Gasteiger partial charge in [-0.15, -0.1) is 0 Å². The number of hydrogen-bond donors (Lipinski definition) is 2. The highest BCUT2D eigenvalue weighted by Gasteiger charge is 2.35. The van der Waals surface area contributed by atoms with E-state index in [-0.39, 0.29) is 55.0 Å². The van der Waals surface area contributed by atoms with E-state index < -0.39 is 6.04 Å². The molecule has 2 aromatic carbocycles. The largest absolute Gasteiger partial charge is 0.350 e. The van der Waals surface area contributed by atoms with Gasteiger partial charge in [0.15, 0.2) is 0 Å². The number of likely N-dealkylation sites (tertiary alicyclic amines) is 1. The highest BCUT2D eigenvalue weighted by Crippen LogP contribution is 2.24. The summed E-state index contributed by atoms with van der Waals surface area (Å²) in [4.78, 5) is 53.9. The van der Waals surface area contributed by atoms with Crippen LogP contribution in [0.15, 0.2) is 48.5 Å². The van der Waals surface area contributed by atoms with Crippen molar-refractivity contribution < 1.29 is 19.2 Å². The Kier molecular flexibility index (Phi) is 9.99. The molecule has 4 amide bonds. The van der Waals surface area contributed by atoms with E-state index in [4.69, 9.17) is 23.2 Å². The van der Waals surface area contributed by atoms with Crippen LogP contribution in [0.4, 0.5) is 0 Å². The molecular weight excluding hydrogens is 539 g/mol. The SMILES string of the molecule is CCC(CN1CC[C@@H](CNC(=O)c2ccc(Cl)c(Cl)c2)N[C@@H](CCN2C(=O)CCC2=O)C1=O)c1ccccc1. The van der Waals surface area contributed by atoms with E-state index in [9.17, 15) is 19.2 Å². The number of benzene rings is 2. The highest BCUT2D eigenvalue weighted by molar-refractivity contribution is 6.42. The molecule has 3 atom stereocenters. The van der Waals surface area contributed by atoms with Crippen LogP contribution in [0.3, 0.4) is 0 Å². The standard InChI is InChI=1S/C29H34Cl2N4O4/c1-2-19(20-6-4-3-5-7-20)18-34-14-12-22(17-32-28(38)21-8-9-23(30)24(31)16-21)33-25(29(34)39)13-15-35-26(36)10-11-27(35)37/h3-9,16,19,22,25,33H,2,10-15,17-18H2,1H3,(H,32,38)/t19?,22-,25-/m0/s1. The van der Waals surface area contributed by atoms with Crippen molar-refractivity contribution in [2.75, 3.05) is 26.2 Å². The Morgan fingerprint density at radius 3 is 2.44 bits per heavy atom. The summed E-state index contributed by atoms with van der Waals surface area (Å²) in [5.74, 6) is -0.551. The molecule has 2 N–H and O–H groups in total. The van der Waals surface area contributed by atoms with Crippen molar-refractivity contribution in [1.82, 2.24) is 20.4 Å². The molecule has 0 bridgehead atoms. The molecule has 0 spiro atoms. The average molecular weight is 574 g/mol. The first-order valence-electron chi connectivity index (χ1n) is 13.4. The topological polar surface area (TPSA) is 98.8 Å². The summed E-state index contributed by atoms with van der Waals surface area (Å²) in [7, 11) is 0. The van der Waals surface area contributed by atoms with Crippen LogP contribution in [0, 0.1) is 0 Å². The monoisotopic (exact) mass is 572 g/mol. The molecule has 10 heteroatoms. The Morgan fingerprint density at radius 1 is 1.05 bits per heavy atom. The minimum absolute atomic E-state index is 0.0539. The lowest BCUT2D eigenvalue weighted by molar-refractivity contribution is -0.140. The molecule has 8 nitrogen and oxygen atoms in total. The Labute approximate surface area is 239 Å². The number of hydrogen-bond acceptors (Lipinski definition) is 5. The Bertz CT molecular complexity index is 1190. The molecule has 39 heavy (non-hydrogen) atoms. The molecule has 4 rings (SSSR count). The van der Waals surface area contributed by atoms with Crippen LogP contribution in [0.25, 0.3) is 0 Å². The average Bonchev–Trinajstić information content (AvgIpc) is 3.18. The van der Waals surface area contributed by atoms with E-state index in [0.29, 0.717) is 48.1 Å². The van der Waals surface area contributed by atoms with Gasteiger partial charge in [0.05, 0.1) is 16.1 Å². The Morgan fingerprint density at radius 2 is 1.77 bits per heavy atom. The zero-order valence-corrected chi connectivity index (χ0v) is 23.5. The minimum Gasteiger partial charge on any atom is -0.350 e. The van der Waals surface area contributed by atoms with Gasteiger partial charge in [0, 0.05) is 56.5 Å². The van der Waals surface area contributed by atoms with Gasteiger partial charge in [0.1, 0.15) is 0 Å². The van der Waals surface area contributed by atoms with Crippen LogP contribution in [-0.4, -0.2) is 71.7 Å². The summed E-state index contributed by atoms with van der Waals surface area (Å²) in [6.45, 7) is 3.70. The number of rotatable bonds is 10. The van der Waals surface area contributed by atoms with Crippen molar-refractivity contribution in [2.24, 2.45) is 0 Å². The van der Waals surface area contributed by atoms with Crippen molar-refractivity contribution in [1.29, 1.82) is 0 Å². The van der Waals surface area contributed by atoms with Gasteiger partial charge in [-0.05, 0) is 43.0 Å². The lowest BCUT2D eigenvalue weighted by Crippen LogP contribution is -2.50. The van der Waals surface area contributed by atoms with E-state index >= 15 is 0 Å². The summed E-state index contributed by atoms with van der Waals surface area (Å²) in [6, 6.07) is 14.1. The van der Waals surface area contributed by atoms with Crippen molar-refractivity contribution in [3.63, 3.8) is 0 Å². The number of nitrogens with one attached hydrogen (secondary N) is 2. The van der Waals surface area contributed by atoms with Crippen LogP contribution in [0.1, 0.15) is 60.9 Å². The Balaban J connectivity index is 1.46. The zero-order valence-electron chi connectivity index (χ0n) is 22.0. The van der Waals surface area contributed by atoms with E-state index in [1.54, 1.807) is 12.1 Å². The first-order chi connectivity index (χ1) is 18.8. The quantitative estimate of drug-likeness (QED) is 0.419. The van der Waals surface area contributed by atoms with Crippen molar-refractivity contribution in [2.45, 2.75) is 57.0 Å². The second-order valence-corrected chi connectivity index (χ2v) is 10.9. The van der Waals surface area contributed by atoms with Gasteiger partial charge < -0.3 is 15.5 Å². The van der Waals surface area contributed by atoms with Gasteiger partial charge in [0.25, 0.3) is 5.91 Å². The van der Waals surface area contributed by atoms with Gasteiger partial charge in [-0.2, -0.15) is 0 Å². The maximum atomic E-state index is 13.7. The molecule has 2 aliphatic heterocycles. The summed E-state index contributed by atoms with van der Waals surface area (Å²) in [6.07, 6.45) is 2.26. The number of nitrogens with zero attached hydrogens (tertiary/aromatic N) is 2. The third-order valence-corrected chi connectivity index (χ3v) is 8.22. The third-order valence-electron chi connectivity index (χ3n) is 7.49. The molecule has 2 aliphatic rings. The lowest BCUT2D eigenvalue weighted by Gasteiger charge is -2.29. The van der Waals surface area contributed by atoms with Gasteiger partial charge in [0.2, 0.25) is 17.7 Å². The summed E-state index contributed by atoms with van der Waals surface area (Å²) in [5.41, 5.74) is 1.58. The van der Waals surface area contributed by atoms with Crippen LogP contribution >= 0.6 is 23.2 Å². The normalized spacial score (nSPS) is 20.7. The van der Waals surface area contributed by atoms with E-state index in [1.165, 1.54) is 16.5 Å². The van der Waals surface area contributed by atoms with Crippen LogP contribution in [-0.2, 0) is 14.4 Å². The summed E-state index contributed by atoms with van der Waals surface area (Å²) < 4.78 is 0. The van der Waals surface area contributed by atoms with E-state index in [1.807, 2.05) is 23.1 Å². The molecule has 0 aromatic heterocycles. The molecule has 2 fully saturated rings. The highest BCUT2D eigenvalue weighted by atomic mass is 35.5. The van der Waals surface area contributed by atoms with Crippen molar-refractivity contribution in [3.05, 3.63) is 69.7 Å². The number of halogens is 2. The lowest BCUT2D eigenvalue weighted by atomic mass is 9.95. The van der Waals surface area contributed by atoms with E-state index in [0.717, 1.165) is 6.42 Å². The molecule has 1 unspecified atom stereocenters. The number of carbonyl (C=O) groups is 4. The fourth-order valence-electron chi connectivity index (χ4n) is 5.18.